The van der Waals surface area contributed by atoms with Gasteiger partial charge >= 0.3 is 7.12 Å². The van der Waals surface area contributed by atoms with E-state index in [1.54, 1.807) is 0 Å². The van der Waals surface area contributed by atoms with Crippen molar-refractivity contribution < 1.29 is 32.0 Å². The standard InChI is InChI=1S/C12H6BF5O2/c14-8-7(9(15)11(17)12(18)10(8)16)5-3-1-2-4-6(5)13(19)20/h1-4,19-20H. The molecule has 0 fully saturated rings. The summed E-state index contributed by atoms with van der Waals surface area (Å²) in [5, 5.41) is 18.2. The van der Waals surface area contributed by atoms with Gasteiger partial charge in [-0.05, 0) is 11.0 Å². The number of halogens is 5. The van der Waals surface area contributed by atoms with Crippen molar-refractivity contribution in [3.05, 3.63) is 53.4 Å². The van der Waals surface area contributed by atoms with Crippen molar-refractivity contribution in [1.82, 2.24) is 0 Å². The molecule has 0 unspecified atom stereocenters. The minimum Gasteiger partial charge on any atom is -0.423 e. The third-order valence-electron chi connectivity index (χ3n) is 2.72. The Morgan fingerprint density at radius 3 is 1.65 bits per heavy atom. The molecule has 0 heterocycles. The first-order valence-corrected chi connectivity index (χ1v) is 5.33. The van der Waals surface area contributed by atoms with Crippen molar-refractivity contribution in [2.45, 2.75) is 0 Å². The van der Waals surface area contributed by atoms with Gasteiger partial charge < -0.3 is 10.0 Å². The second-order valence-electron chi connectivity index (χ2n) is 3.91. The first-order valence-electron chi connectivity index (χ1n) is 5.33. The van der Waals surface area contributed by atoms with E-state index in [0.29, 0.717) is 0 Å². The second kappa shape index (κ2) is 5.22. The Labute approximate surface area is 110 Å². The maximum atomic E-state index is 13.6. The summed E-state index contributed by atoms with van der Waals surface area (Å²) in [6.45, 7) is 0. The van der Waals surface area contributed by atoms with Crippen molar-refractivity contribution in [3.8, 4) is 11.1 Å². The van der Waals surface area contributed by atoms with Gasteiger partial charge in [-0.2, -0.15) is 0 Å². The molecule has 0 aliphatic carbocycles. The fraction of sp³-hybridized carbons (Fsp3) is 0. The monoisotopic (exact) mass is 288 g/mol. The second-order valence-corrected chi connectivity index (χ2v) is 3.91. The van der Waals surface area contributed by atoms with E-state index in [9.17, 15) is 22.0 Å². The Morgan fingerprint density at radius 2 is 1.15 bits per heavy atom. The van der Waals surface area contributed by atoms with Gasteiger partial charge in [0.1, 0.15) is 0 Å². The van der Waals surface area contributed by atoms with Crippen molar-refractivity contribution in [1.29, 1.82) is 0 Å². The molecule has 0 aliphatic rings. The summed E-state index contributed by atoms with van der Waals surface area (Å²) in [5.41, 5.74) is -2.07. The minimum atomic E-state index is -2.27. The zero-order valence-corrected chi connectivity index (χ0v) is 9.67. The molecule has 104 valence electrons. The molecule has 2 rings (SSSR count). The van der Waals surface area contributed by atoms with Crippen LogP contribution in [0.5, 0.6) is 0 Å². The highest BCUT2D eigenvalue weighted by Gasteiger charge is 2.29. The predicted molar refractivity (Wildman–Crippen MR) is 61.5 cm³/mol. The zero-order chi connectivity index (χ0) is 15.0. The maximum absolute atomic E-state index is 13.6. The minimum absolute atomic E-state index is 0.379. The van der Waals surface area contributed by atoms with Gasteiger partial charge in [-0.3, -0.25) is 0 Å². The molecule has 20 heavy (non-hydrogen) atoms. The Morgan fingerprint density at radius 1 is 0.700 bits per heavy atom. The van der Waals surface area contributed by atoms with Gasteiger partial charge in [0.2, 0.25) is 5.82 Å². The Bertz CT molecular complexity index is 646. The summed E-state index contributed by atoms with van der Waals surface area (Å²) >= 11 is 0. The molecule has 0 aromatic heterocycles. The summed E-state index contributed by atoms with van der Waals surface area (Å²) in [6, 6.07) is 4.70. The van der Waals surface area contributed by atoms with E-state index in [1.807, 2.05) is 0 Å². The number of benzene rings is 2. The van der Waals surface area contributed by atoms with E-state index in [0.717, 1.165) is 12.1 Å². The van der Waals surface area contributed by atoms with Gasteiger partial charge in [0, 0.05) is 0 Å². The molecule has 2 aromatic carbocycles. The molecule has 2 N–H and O–H groups in total. The van der Waals surface area contributed by atoms with Crippen LogP contribution in [0, 0.1) is 29.1 Å². The summed E-state index contributed by atoms with van der Waals surface area (Å²) < 4.78 is 66.5. The lowest BCUT2D eigenvalue weighted by Gasteiger charge is -2.12. The first kappa shape index (κ1) is 14.5. The van der Waals surface area contributed by atoms with Crippen LogP contribution >= 0.6 is 0 Å². The van der Waals surface area contributed by atoms with Gasteiger partial charge in [0.15, 0.2) is 23.3 Å². The van der Waals surface area contributed by atoms with E-state index >= 15 is 0 Å². The molecule has 0 aliphatic heterocycles. The van der Waals surface area contributed by atoms with E-state index in [2.05, 4.69) is 0 Å². The van der Waals surface area contributed by atoms with Crippen molar-refractivity contribution in [3.63, 3.8) is 0 Å². The van der Waals surface area contributed by atoms with Crippen LogP contribution in [-0.4, -0.2) is 17.2 Å². The van der Waals surface area contributed by atoms with Gasteiger partial charge in [0.05, 0.1) is 5.56 Å². The summed E-state index contributed by atoms with van der Waals surface area (Å²) in [5.74, 6) is -10.5. The molecular weight excluding hydrogens is 282 g/mol. The Hall–Kier alpha value is -1.93. The Balaban J connectivity index is 2.84. The highest BCUT2D eigenvalue weighted by atomic mass is 19.2. The topological polar surface area (TPSA) is 40.5 Å². The molecule has 0 bridgehead atoms. The van der Waals surface area contributed by atoms with Gasteiger partial charge in [-0.1, -0.05) is 24.3 Å². The average molecular weight is 288 g/mol. The van der Waals surface area contributed by atoms with E-state index < -0.39 is 47.3 Å². The zero-order valence-electron chi connectivity index (χ0n) is 9.67. The van der Waals surface area contributed by atoms with E-state index in [4.69, 9.17) is 10.0 Å². The lowest BCUT2D eigenvalue weighted by Crippen LogP contribution is -2.32. The quantitative estimate of drug-likeness (QED) is 0.382. The lowest BCUT2D eigenvalue weighted by molar-refractivity contribution is 0.381. The summed E-state index contributed by atoms with van der Waals surface area (Å²) in [6.07, 6.45) is 0. The van der Waals surface area contributed by atoms with Crippen LogP contribution in [0.4, 0.5) is 22.0 Å². The first-order chi connectivity index (χ1) is 9.36. The average Bonchev–Trinajstić information content (AvgIpc) is 2.43. The molecule has 0 radical (unpaired) electrons. The van der Waals surface area contributed by atoms with Crippen molar-refractivity contribution >= 4 is 12.6 Å². The highest BCUT2D eigenvalue weighted by Crippen LogP contribution is 2.30. The van der Waals surface area contributed by atoms with Crippen LogP contribution in [-0.2, 0) is 0 Å². The number of hydrogen-bond donors (Lipinski definition) is 2. The van der Waals surface area contributed by atoms with Gasteiger partial charge in [0.25, 0.3) is 0 Å². The predicted octanol–water partition coefficient (Wildman–Crippen LogP) is 1.73. The smallest absolute Gasteiger partial charge is 0.423 e. The molecule has 0 saturated heterocycles. The number of hydrogen-bond acceptors (Lipinski definition) is 2. The molecular formula is C12H6BF5O2. The van der Waals surface area contributed by atoms with Crippen molar-refractivity contribution in [2.75, 3.05) is 0 Å². The largest absolute Gasteiger partial charge is 0.489 e. The fourth-order valence-corrected chi connectivity index (χ4v) is 1.79. The Kier molecular flexibility index (Phi) is 3.78. The third kappa shape index (κ3) is 2.17. The highest BCUT2D eigenvalue weighted by molar-refractivity contribution is 6.60. The fourth-order valence-electron chi connectivity index (χ4n) is 1.79. The van der Waals surface area contributed by atoms with E-state index in [-0.39, 0.29) is 5.46 Å². The summed E-state index contributed by atoms with van der Waals surface area (Å²) in [7, 11) is -2.12. The SMILES string of the molecule is OB(O)c1ccccc1-c1c(F)c(F)c(F)c(F)c1F. The van der Waals surface area contributed by atoms with Gasteiger partial charge in [-0.15, -0.1) is 0 Å². The van der Waals surface area contributed by atoms with Crippen LogP contribution in [0.25, 0.3) is 11.1 Å². The molecule has 8 heteroatoms. The summed E-state index contributed by atoms with van der Waals surface area (Å²) in [4.78, 5) is 0. The van der Waals surface area contributed by atoms with Crippen LogP contribution in [0.1, 0.15) is 0 Å². The lowest BCUT2D eigenvalue weighted by atomic mass is 9.75. The third-order valence-corrected chi connectivity index (χ3v) is 2.72. The molecule has 0 amide bonds. The number of rotatable bonds is 2. The van der Waals surface area contributed by atoms with Crippen LogP contribution in [0.15, 0.2) is 24.3 Å². The molecule has 2 nitrogen and oxygen atoms in total. The normalized spacial score (nSPS) is 10.8. The maximum Gasteiger partial charge on any atom is 0.489 e. The van der Waals surface area contributed by atoms with Crippen LogP contribution < -0.4 is 5.46 Å². The molecule has 0 saturated carbocycles. The van der Waals surface area contributed by atoms with Gasteiger partial charge in [-0.25, -0.2) is 22.0 Å². The molecule has 0 spiro atoms. The molecule has 2 aromatic rings. The van der Waals surface area contributed by atoms with E-state index in [1.165, 1.54) is 12.1 Å². The molecule has 0 atom stereocenters. The van der Waals surface area contributed by atoms with Crippen LogP contribution in [0.3, 0.4) is 0 Å². The van der Waals surface area contributed by atoms with Crippen LogP contribution in [0.2, 0.25) is 0 Å². The van der Waals surface area contributed by atoms with Crippen molar-refractivity contribution in [2.24, 2.45) is 0 Å².